The number of amides is 1. The van der Waals surface area contributed by atoms with Gasteiger partial charge in [-0.1, -0.05) is 54.6 Å². The molecule has 30 heavy (non-hydrogen) atoms. The predicted octanol–water partition coefficient (Wildman–Crippen LogP) is 3.84. The molecule has 0 aliphatic carbocycles. The molecule has 0 radical (unpaired) electrons. The smallest absolute Gasteiger partial charge is 0.325 e. The van der Waals surface area contributed by atoms with Gasteiger partial charge in [0.05, 0.1) is 14.2 Å². The summed E-state index contributed by atoms with van der Waals surface area (Å²) in [6, 6.07) is 22.6. The number of rotatable bonds is 8. The van der Waals surface area contributed by atoms with Crippen molar-refractivity contribution in [2.45, 2.75) is 6.61 Å². The Kier molecular flexibility index (Phi) is 7.05. The van der Waals surface area contributed by atoms with Crippen LogP contribution in [0.2, 0.25) is 0 Å². The van der Waals surface area contributed by atoms with Gasteiger partial charge in [-0.3, -0.25) is 9.59 Å². The summed E-state index contributed by atoms with van der Waals surface area (Å²) in [5.41, 5.74) is 3.41. The first-order valence-electron chi connectivity index (χ1n) is 9.40. The zero-order chi connectivity index (χ0) is 21.3. The van der Waals surface area contributed by atoms with Gasteiger partial charge < -0.3 is 19.5 Å². The first-order chi connectivity index (χ1) is 14.6. The number of hydrogen-bond acceptors (Lipinski definition) is 5. The van der Waals surface area contributed by atoms with Crippen LogP contribution in [0.3, 0.4) is 0 Å². The SMILES string of the molecule is COc1cc(OC)cc(C(=O)NCC(=O)OCc2ccc(-c3ccccc3)cc2)c1. The molecule has 1 N–H and O–H groups in total. The monoisotopic (exact) mass is 405 g/mol. The van der Waals surface area contributed by atoms with Crippen LogP contribution in [-0.2, 0) is 16.1 Å². The van der Waals surface area contributed by atoms with E-state index in [2.05, 4.69) is 5.32 Å². The van der Waals surface area contributed by atoms with E-state index in [9.17, 15) is 9.59 Å². The second-order valence-electron chi connectivity index (χ2n) is 6.51. The third-order valence-corrected chi connectivity index (χ3v) is 4.47. The highest BCUT2D eigenvalue weighted by atomic mass is 16.5. The largest absolute Gasteiger partial charge is 0.497 e. The molecule has 3 aromatic carbocycles. The van der Waals surface area contributed by atoms with Crippen molar-refractivity contribution in [3.05, 3.63) is 83.9 Å². The van der Waals surface area contributed by atoms with E-state index < -0.39 is 11.9 Å². The van der Waals surface area contributed by atoms with Gasteiger partial charge in [0.25, 0.3) is 5.91 Å². The Morgan fingerprint density at radius 1 is 0.800 bits per heavy atom. The Bertz CT molecular complexity index is 978. The molecule has 0 aliphatic rings. The molecule has 0 unspecified atom stereocenters. The molecule has 0 aromatic heterocycles. The van der Waals surface area contributed by atoms with Crippen molar-refractivity contribution in [2.24, 2.45) is 0 Å². The standard InChI is InChI=1S/C24H23NO5/c1-28-21-12-20(13-22(14-21)29-2)24(27)25-15-23(26)30-16-17-8-10-19(11-9-17)18-6-4-3-5-7-18/h3-14H,15-16H2,1-2H3,(H,25,27). The number of carbonyl (C=O) groups excluding carboxylic acids is 2. The van der Waals surface area contributed by atoms with Crippen molar-refractivity contribution in [1.29, 1.82) is 0 Å². The lowest BCUT2D eigenvalue weighted by Crippen LogP contribution is -2.30. The lowest BCUT2D eigenvalue weighted by atomic mass is 10.0. The number of benzene rings is 3. The minimum absolute atomic E-state index is 0.136. The summed E-state index contributed by atoms with van der Waals surface area (Å²) in [7, 11) is 3.00. The second-order valence-corrected chi connectivity index (χ2v) is 6.51. The van der Waals surface area contributed by atoms with Gasteiger partial charge in [0.1, 0.15) is 24.7 Å². The molecule has 0 heterocycles. The topological polar surface area (TPSA) is 73.9 Å². The van der Waals surface area contributed by atoms with Crippen molar-refractivity contribution < 1.29 is 23.8 Å². The first-order valence-corrected chi connectivity index (χ1v) is 9.40. The number of esters is 1. The molecule has 3 aromatic rings. The predicted molar refractivity (Wildman–Crippen MR) is 114 cm³/mol. The van der Waals surface area contributed by atoms with E-state index in [-0.39, 0.29) is 13.2 Å². The maximum absolute atomic E-state index is 12.3. The van der Waals surface area contributed by atoms with Gasteiger partial charge >= 0.3 is 5.97 Å². The Hall–Kier alpha value is -3.80. The molecule has 6 heteroatoms. The molecule has 0 bridgehead atoms. The van der Waals surface area contributed by atoms with E-state index in [0.717, 1.165) is 16.7 Å². The van der Waals surface area contributed by atoms with Gasteiger partial charge in [0, 0.05) is 11.6 Å². The maximum atomic E-state index is 12.3. The van der Waals surface area contributed by atoms with Crippen molar-refractivity contribution in [1.82, 2.24) is 5.32 Å². The van der Waals surface area contributed by atoms with Crippen LogP contribution in [0.25, 0.3) is 11.1 Å². The fraction of sp³-hybridized carbons (Fsp3) is 0.167. The van der Waals surface area contributed by atoms with Crippen LogP contribution in [0, 0.1) is 0 Å². The van der Waals surface area contributed by atoms with Crippen LogP contribution in [-0.4, -0.2) is 32.6 Å². The summed E-state index contributed by atoms with van der Waals surface area (Å²) < 4.78 is 15.5. The summed E-state index contributed by atoms with van der Waals surface area (Å²) in [4.78, 5) is 24.3. The number of hydrogen-bond donors (Lipinski definition) is 1. The molecule has 154 valence electrons. The molecule has 0 aliphatic heterocycles. The Morgan fingerprint density at radius 3 is 2.00 bits per heavy atom. The zero-order valence-electron chi connectivity index (χ0n) is 16.9. The van der Waals surface area contributed by atoms with E-state index in [1.165, 1.54) is 14.2 Å². The van der Waals surface area contributed by atoms with E-state index in [4.69, 9.17) is 14.2 Å². The number of ether oxygens (including phenoxy) is 3. The Labute approximate surface area is 175 Å². The van der Waals surface area contributed by atoms with Crippen molar-refractivity contribution in [3.63, 3.8) is 0 Å². The summed E-state index contributed by atoms with van der Waals surface area (Å²) in [5, 5.41) is 2.54. The molecular weight excluding hydrogens is 382 g/mol. The third kappa shape index (κ3) is 5.61. The van der Waals surface area contributed by atoms with Gasteiger partial charge in [0.15, 0.2) is 0 Å². The normalized spacial score (nSPS) is 10.2. The fourth-order valence-electron chi connectivity index (χ4n) is 2.83. The third-order valence-electron chi connectivity index (χ3n) is 4.47. The van der Waals surface area contributed by atoms with Crippen LogP contribution in [0.15, 0.2) is 72.8 Å². The first kappa shape index (κ1) is 20.9. The summed E-state index contributed by atoms with van der Waals surface area (Å²) >= 11 is 0. The van der Waals surface area contributed by atoms with Gasteiger partial charge in [-0.15, -0.1) is 0 Å². The summed E-state index contributed by atoms with van der Waals surface area (Å²) in [6.45, 7) is -0.1000. The van der Waals surface area contributed by atoms with Crippen LogP contribution in [0.1, 0.15) is 15.9 Å². The molecule has 1 amide bonds. The lowest BCUT2D eigenvalue weighted by Gasteiger charge is -2.10. The summed E-state index contributed by atoms with van der Waals surface area (Å²) in [5.74, 6) is 0.0313. The molecule has 3 rings (SSSR count). The number of nitrogens with one attached hydrogen (secondary N) is 1. The number of methoxy groups -OCH3 is 2. The zero-order valence-corrected chi connectivity index (χ0v) is 16.9. The van der Waals surface area contributed by atoms with Crippen molar-refractivity contribution in [2.75, 3.05) is 20.8 Å². The molecular formula is C24H23NO5. The highest BCUT2D eigenvalue weighted by molar-refractivity contribution is 5.96. The highest BCUT2D eigenvalue weighted by Crippen LogP contribution is 2.22. The number of carbonyl (C=O) groups is 2. The molecule has 0 atom stereocenters. The van der Waals surface area contributed by atoms with Crippen LogP contribution < -0.4 is 14.8 Å². The van der Waals surface area contributed by atoms with Gasteiger partial charge in [-0.25, -0.2) is 0 Å². The van der Waals surface area contributed by atoms with E-state index >= 15 is 0 Å². The second kappa shape index (κ2) is 10.1. The minimum Gasteiger partial charge on any atom is -0.497 e. The van der Waals surface area contributed by atoms with E-state index in [0.29, 0.717) is 17.1 Å². The molecule has 0 saturated carbocycles. The fourth-order valence-corrected chi connectivity index (χ4v) is 2.83. The van der Waals surface area contributed by atoms with E-state index in [1.54, 1.807) is 18.2 Å². The highest BCUT2D eigenvalue weighted by Gasteiger charge is 2.12. The Morgan fingerprint density at radius 2 is 1.40 bits per heavy atom. The minimum atomic E-state index is -0.523. The van der Waals surface area contributed by atoms with E-state index in [1.807, 2.05) is 54.6 Å². The molecule has 0 spiro atoms. The van der Waals surface area contributed by atoms with Crippen molar-refractivity contribution >= 4 is 11.9 Å². The van der Waals surface area contributed by atoms with Gasteiger partial charge in [-0.05, 0) is 28.8 Å². The average molecular weight is 405 g/mol. The molecule has 6 nitrogen and oxygen atoms in total. The lowest BCUT2D eigenvalue weighted by molar-refractivity contribution is -0.143. The summed E-state index contributed by atoms with van der Waals surface area (Å²) in [6.07, 6.45) is 0. The van der Waals surface area contributed by atoms with Crippen LogP contribution in [0.4, 0.5) is 0 Å². The average Bonchev–Trinajstić information content (AvgIpc) is 2.81. The maximum Gasteiger partial charge on any atom is 0.325 e. The van der Waals surface area contributed by atoms with Crippen molar-refractivity contribution in [3.8, 4) is 22.6 Å². The van der Waals surface area contributed by atoms with Gasteiger partial charge in [0.2, 0.25) is 0 Å². The molecule has 0 saturated heterocycles. The van der Waals surface area contributed by atoms with Crippen LogP contribution >= 0.6 is 0 Å². The Balaban J connectivity index is 1.50. The van der Waals surface area contributed by atoms with Gasteiger partial charge in [-0.2, -0.15) is 0 Å². The molecule has 0 fully saturated rings. The van der Waals surface area contributed by atoms with Crippen LogP contribution in [0.5, 0.6) is 11.5 Å². The quantitative estimate of drug-likeness (QED) is 0.577.